The second-order valence-corrected chi connectivity index (χ2v) is 4.24. The predicted octanol–water partition coefficient (Wildman–Crippen LogP) is 3.00. The zero-order chi connectivity index (χ0) is 10.8. The number of phenols is 1. The lowest BCUT2D eigenvalue weighted by Crippen LogP contribution is -2.26. The summed E-state index contributed by atoms with van der Waals surface area (Å²) >= 11 is 5.72. The van der Waals surface area contributed by atoms with Gasteiger partial charge in [0.2, 0.25) is 0 Å². The summed E-state index contributed by atoms with van der Waals surface area (Å²) in [5, 5.41) is 13.1. The molecule has 82 valence electrons. The third-order valence-corrected chi connectivity index (χ3v) is 3.03. The van der Waals surface area contributed by atoms with Gasteiger partial charge < -0.3 is 10.4 Å². The van der Waals surface area contributed by atoms with Gasteiger partial charge in [0.1, 0.15) is 11.6 Å². The van der Waals surface area contributed by atoms with E-state index < -0.39 is 5.82 Å². The first-order valence-electron chi connectivity index (χ1n) is 5.10. The van der Waals surface area contributed by atoms with Gasteiger partial charge in [-0.25, -0.2) is 4.39 Å². The van der Waals surface area contributed by atoms with E-state index in [0.29, 0.717) is 5.56 Å². The standard InChI is InChI=1S/C11H13ClFNO/c12-9-6-7(13)5-8(11(9)15)10-3-1-2-4-14-10/h5-6,10,14-15H,1-4H2. The minimum Gasteiger partial charge on any atom is -0.506 e. The molecule has 1 aliphatic rings. The predicted molar refractivity (Wildman–Crippen MR) is 57.7 cm³/mol. The zero-order valence-corrected chi connectivity index (χ0v) is 9.02. The summed E-state index contributed by atoms with van der Waals surface area (Å²) < 4.78 is 13.1. The maximum absolute atomic E-state index is 13.1. The highest BCUT2D eigenvalue weighted by Crippen LogP contribution is 2.35. The second-order valence-electron chi connectivity index (χ2n) is 3.83. The van der Waals surface area contributed by atoms with E-state index in [9.17, 15) is 9.50 Å². The van der Waals surface area contributed by atoms with Crippen molar-refractivity contribution >= 4 is 11.6 Å². The Morgan fingerprint density at radius 3 is 2.87 bits per heavy atom. The fraction of sp³-hybridized carbons (Fsp3) is 0.455. The lowest BCUT2D eigenvalue weighted by atomic mass is 9.97. The van der Waals surface area contributed by atoms with Crippen molar-refractivity contribution < 1.29 is 9.50 Å². The molecule has 1 aromatic carbocycles. The molecule has 1 saturated heterocycles. The molecule has 0 aliphatic carbocycles. The number of hydrogen-bond donors (Lipinski definition) is 2. The Morgan fingerprint density at radius 1 is 1.40 bits per heavy atom. The molecule has 15 heavy (non-hydrogen) atoms. The van der Waals surface area contributed by atoms with Crippen LogP contribution in [-0.2, 0) is 0 Å². The number of hydrogen-bond acceptors (Lipinski definition) is 2. The Bertz CT molecular complexity index is 364. The van der Waals surface area contributed by atoms with Gasteiger partial charge in [-0.05, 0) is 31.5 Å². The molecule has 1 fully saturated rings. The number of piperidine rings is 1. The molecule has 1 aromatic rings. The fourth-order valence-electron chi connectivity index (χ4n) is 1.97. The van der Waals surface area contributed by atoms with E-state index >= 15 is 0 Å². The quantitative estimate of drug-likeness (QED) is 0.776. The lowest BCUT2D eigenvalue weighted by molar-refractivity contribution is 0.389. The van der Waals surface area contributed by atoms with Crippen molar-refractivity contribution in [2.45, 2.75) is 25.3 Å². The molecule has 2 N–H and O–H groups in total. The molecule has 0 bridgehead atoms. The van der Waals surface area contributed by atoms with Crippen molar-refractivity contribution in [3.63, 3.8) is 0 Å². The van der Waals surface area contributed by atoms with Crippen LogP contribution in [0, 0.1) is 5.82 Å². The van der Waals surface area contributed by atoms with Gasteiger partial charge in [0.25, 0.3) is 0 Å². The highest BCUT2D eigenvalue weighted by molar-refractivity contribution is 6.32. The Kier molecular flexibility index (Phi) is 3.12. The average molecular weight is 230 g/mol. The smallest absolute Gasteiger partial charge is 0.139 e. The summed E-state index contributed by atoms with van der Waals surface area (Å²) in [4.78, 5) is 0. The second kappa shape index (κ2) is 4.37. The summed E-state index contributed by atoms with van der Waals surface area (Å²) in [7, 11) is 0. The van der Waals surface area contributed by atoms with Crippen molar-refractivity contribution in [3.8, 4) is 5.75 Å². The van der Waals surface area contributed by atoms with E-state index in [1.807, 2.05) is 0 Å². The van der Waals surface area contributed by atoms with Crippen molar-refractivity contribution in [2.75, 3.05) is 6.54 Å². The van der Waals surface area contributed by atoms with E-state index in [0.717, 1.165) is 31.9 Å². The number of aromatic hydroxyl groups is 1. The maximum atomic E-state index is 13.1. The topological polar surface area (TPSA) is 32.3 Å². The number of benzene rings is 1. The van der Waals surface area contributed by atoms with Crippen molar-refractivity contribution in [3.05, 3.63) is 28.5 Å². The summed E-state index contributed by atoms with van der Waals surface area (Å²) in [5.74, 6) is -0.405. The van der Waals surface area contributed by atoms with Crippen LogP contribution < -0.4 is 5.32 Å². The SMILES string of the molecule is Oc1c(Cl)cc(F)cc1C1CCCCN1. The van der Waals surface area contributed by atoms with Gasteiger partial charge in [0.05, 0.1) is 5.02 Å². The number of phenolic OH excluding ortho intramolecular Hbond substituents is 1. The minimum atomic E-state index is -0.403. The van der Waals surface area contributed by atoms with Crippen LogP contribution in [0.15, 0.2) is 12.1 Å². The average Bonchev–Trinajstić information content (AvgIpc) is 2.24. The van der Waals surface area contributed by atoms with E-state index in [4.69, 9.17) is 11.6 Å². The highest BCUT2D eigenvalue weighted by atomic mass is 35.5. The van der Waals surface area contributed by atoms with Crippen LogP contribution in [0.25, 0.3) is 0 Å². The minimum absolute atomic E-state index is 0.00235. The molecule has 0 aromatic heterocycles. The zero-order valence-electron chi connectivity index (χ0n) is 8.26. The fourth-order valence-corrected chi connectivity index (χ4v) is 2.18. The van der Waals surface area contributed by atoms with Gasteiger partial charge >= 0.3 is 0 Å². The van der Waals surface area contributed by atoms with Crippen LogP contribution in [0.1, 0.15) is 30.9 Å². The molecular weight excluding hydrogens is 217 g/mol. The molecule has 1 unspecified atom stereocenters. The molecule has 2 rings (SSSR count). The normalized spacial score (nSPS) is 21.6. The van der Waals surface area contributed by atoms with Crippen molar-refractivity contribution in [1.82, 2.24) is 5.32 Å². The van der Waals surface area contributed by atoms with E-state index in [-0.39, 0.29) is 16.8 Å². The van der Waals surface area contributed by atoms with Gasteiger partial charge in [0, 0.05) is 11.6 Å². The van der Waals surface area contributed by atoms with Crippen molar-refractivity contribution in [2.24, 2.45) is 0 Å². The third kappa shape index (κ3) is 2.24. The molecule has 1 aliphatic heterocycles. The molecule has 0 saturated carbocycles. The maximum Gasteiger partial charge on any atom is 0.139 e. The number of rotatable bonds is 1. The van der Waals surface area contributed by atoms with Gasteiger partial charge in [-0.2, -0.15) is 0 Å². The summed E-state index contributed by atoms with van der Waals surface area (Å²) in [6.07, 6.45) is 3.12. The van der Waals surface area contributed by atoms with Gasteiger partial charge in [-0.15, -0.1) is 0 Å². The van der Waals surface area contributed by atoms with Crippen LogP contribution in [0.5, 0.6) is 5.75 Å². The summed E-state index contributed by atoms with van der Waals surface area (Å²) in [6.45, 7) is 0.901. The van der Waals surface area contributed by atoms with Crippen LogP contribution in [0.2, 0.25) is 5.02 Å². The summed E-state index contributed by atoms with van der Waals surface area (Å²) in [6, 6.07) is 2.50. The summed E-state index contributed by atoms with van der Waals surface area (Å²) in [5.41, 5.74) is 0.569. The van der Waals surface area contributed by atoms with Crippen LogP contribution in [0.4, 0.5) is 4.39 Å². The molecular formula is C11H13ClFNO. The van der Waals surface area contributed by atoms with E-state index in [1.165, 1.54) is 6.07 Å². The molecule has 0 spiro atoms. The molecule has 0 amide bonds. The van der Waals surface area contributed by atoms with Crippen molar-refractivity contribution in [1.29, 1.82) is 0 Å². The molecule has 1 atom stereocenters. The first-order chi connectivity index (χ1) is 7.18. The Morgan fingerprint density at radius 2 is 2.20 bits per heavy atom. The Hall–Kier alpha value is -0.800. The lowest BCUT2D eigenvalue weighted by Gasteiger charge is -2.24. The number of nitrogens with one attached hydrogen (secondary N) is 1. The van der Waals surface area contributed by atoms with Crippen LogP contribution in [-0.4, -0.2) is 11.7 Å². The highest BCUT2D eigenvalue weighted by Gasteiger charge is 2.20. The van der Waals surface area contributed by atoms with Crippen LogP contribution in [0.3, 0.4) is 0 Å². The Balaban J connectivity index is 2.33. The van der Waals surface area contributed by atoms with Gasteiger partial charge in [-0.1, -0.05) is 18.0 Å². The Labute approximate surface area is 93.1 Å². The van der Waals surface area contributed by atoms with Gasteiger partial charge in [0.15, 0.2) is 0 Å². The monoisotopic (exact) mass is 229 g/mol. The van der Waals surface area contributed by atoms with E-state index in [1.54, 1.807) is 0 Å². The largest absolute Gasteiger partial charge is 0.506 e. The molecule has 2 nitrogen and oxygen atoms in total. The van der Waals surface area contributed by atoms with Gasteiger partial charge in [-0.3, -0.25) is 0 Å². The first-order valence-corrected chi connectivity index (χ1v) is 5.47. The van der Waals surface area contributed by atoms with E-state index in [2.05, 4.69) is 5.32 Å². The molecule has 0 radical (unpaired) electrons. The molecule has 1 heterocycles. The van der Waals surface area contributed by atoms with Crippen LogP contribution >= 0.6 is 11.6 Å². The molecule has 4 heteroatoms. The number of halogens is 2. The third-order valence-electron chi connectivity index (χ3n) is 2.74. The first kappa shape index (κ1) is 10.7.